The average molecular weight is 337 g/mol. The van der Waals surface area contributed by atoms with E-state index in [-0.39, 0.29) is 17.6 Å². The van der Waals surface area contributed by atoms with Crippen LogP contribution in [-0.4, -0.2) is 61.0 Å². The molecule has 1 aliphatic rings. The third kappa shape index (κ3) is 6.11. The van der Waals surface area contributed by atoms with Crippen molar-refractivity contribution in [1.29, 1.82) is 0 Å². The highest BCUT2D eigenvalue weighted by atomic mass is 32.2. The van der Waals surface area contributed by atoms with Crippen LogP contribution in [0.3, 0.4) is 0 Å². The standard InChI is InChI=1S/C16H23N3O3S/c1-2-22-14-5-3-13(4-6-14)18-15(20)11-23-12-16(21)19-9-7-17-8-10-19/h3-6,17H,2,7-12H2,1H3,(H,18,20). The van der Waals surface area contributed by atoms with Crippen molar-refractivity contribution in [3.63, 3.8) is 0 Å². The summed E-state index contributed by atoms with van der Waals surface area (Å²) in [6.45, 7) is 5.72. The summed E-state index contributed by atoms with van der Waals surface area (Å²) >= 11 is 1.35. The molecule has 0 saturated carbocycles. The molecule has 0 aliphatic carbocycles. The Morgan fingerprint density at radius 3 is 2.57 bits per heavy atom. The number of benzene rings is 1. The molecule has 1 aromatic carbocycles. The van der Waals surface area contributed by atoms with E-state index < -0.39 is 0 Å². The van der Waals surface area contributed by atoms with Crippen molar-refractivity contribution in [2.24, 2.45) is 0 Å². The number of carbonyl (C=O) groups excluding carboxylic acids is 2. The fourth-order valence-corrected chi connectivity index (χ4v) is 2.95. The van der Waals surface area contributed by atoms with Gasteiger partial charge in [0, 0.05) is 31.9 Å². The van der Waals surface area contributed by atoms with Crippen LogP contribution in [0.2, 0.25) is 0 Å². The molecule has 1 fully saturated rings. The number of rotatable bonds is 7. The van der Waals surface area contributed by atoms with E-state index in [9.17, 15) is 9.59 Å². The van der Waals surface area contributed by atoms with E-state index in [1.54, 1.807) is 12.1 Å². The molecular weight excluding hydrogens is 314 g/mol. The van der Waals surface area contributed by atoms with Gasteiger partial charge in [-0.15, -0.1) is 11.8 Å². The van der Waals surface area contributed by atoms with E-state index in [1.165, 1.54) is 11.8 Å². The Morgan fingerprint density at radius 2 is 1.91 bits per heavy atom. The topological polar surface area (TPSA) is 70.7 Å². The molecule has 7 heteroatoms. The zero-order valence-electron chi connectivity index (χ0n) is 13.3. The first-order valence-electron chi connectivity index (χ1n) is 7.78. The van der Waals surface area contributed by atoms with E-state index in [2.05, 4.69) is 10.6 Å². The first-order chi connectivity index (χ1) is 11.2. The molecule has 0 radical (unpaired) electrons. The minimum atomic E-state index is -0.104. The summed E-state index contributed by atoms with van der Waals surface area (Å²) in [4.78, 5) is 25.7. The lowest BCUT2D eigenvalue weighted by Crippen LogP contribution is -2.47. The minimum absolute atomic E-state index is 0.102. The van der Waals surface area contributed by atoms with E-state index in [1.807, 2.05) is 24.0 Å². The van der Waals surface area contributed by atoms with Gasteiger partial charge in [-0.2, -0.15) is 0 Å². The molecule has 1 heterocycles. The Morgan fingerprint density at radius 1 is 1.22 bits per heavy atom. The molecule has 126 valence electrons. The van der Waals surface area contributed by atoms with Gasteiger partial charge in [-0.05, 0) is 31.2 Å². The van der Waals surface area contributed by atoms with Crippen molar-refractivity contribution in [3.05, 3.63) is 24.3 Å². The van der Waals surface area contributed by atoms with Crippen LogP contribution in [-0.2, 0) is 9.59 Å². The van der Waals surface area contributed by atoms with Crippen molar-refractivity contribution in [1.82, 2.24) is 10.2 Å². The zero-order valence-corrected chi connectivity index (χ0v) is 14.2. The molecule has 2 amide bonds. The molecule has 6 nitrogen and oxygen atoms in total. The normalized spacial score (nSPS) is 14.4. The SMILES string of the molecule is CCOc1ccc(NC(=O)CSCC(=O)N2CCNCC2)cc1. The first kappa shape index (κ1) is 17.6. The molecule has 0 spiro atoms. The Kier molecular flexibility index (Phi) is 7.22. The number of hydrogen-bond acceptors (Lipinski definition) is 5. The Bertz CT molecular complexity index is 516. The van der Waals surface area contributed by atoms with Crippen LogP contribution < -0.4 is 15.4 Å². The van der Waals surface area contributed by atoms with Crippen LogP contribution in [0.25, 0.3) is 0 Å². The number of nitrogens with one attached hydrogen (secondary N) is 2. The number of thioether (sulfide) groups is 1. The molecule has 0 unspecified atom stereocenters. The van der Waals surface area contributed by atoms with Crippen molar-refractivity contribution in [2.45, 2.75) is 6.92 Å². The van der Waals surface area contributed by atoms with Gasteiger partial charge in [0.15, 0.2) is 0 Å². The maximum absolute atomic E-state index is 12.0. The molecule has 0 bridgehead atoms. The summed E-state index contributed by atoms with van der Waals surface area (Å²) in [5.41, 5.74) is 0.729. The fourth-order valence-electron chi connectivity index (χ4n) is 2.23. The smallest absolute Gasteiger partial charge is 0.234 e. The number of hydrogen-bond donors (Lipinski definition) is 2. The van der Waals surface area contributed by atoms with Gasteiger partial charge in [-0.3, -0.25) is 9.59 Å². The molecule has 23 heavy (non-hydrogen) atoms. The molecule has 0 atom stereocenters. The van der Waals surface area contributed by atoms with Gasteiger partial charge >= 0.3 is 0 Å². The maximum atomic E-state index is 12.0. The number of piperazine rings is 1. The summed E-state index contributed by atoms with van der Waals surface area (Å²) in [5, 5.41) is 6.02. The van der Waals surface area contributed by atoms with Crippen LogP contribution in [0.15, 0.2) is 24.3 Å². The van der Waals surface area contributed by atoms with E-state index in [0.717, 1.165) is 37.6 Å². The van der Waals surface area contributed by atoms with Gasteiger partial charge in [-0.1, -0.05) is 0 Å². The van der Waals surface area contributed by atoms with Crippen molar-refractivity contribution < 1.29 is 14.3 Å². The highest BCUT2D eigenvalue weighted by Gasteiger charge is 2.16. The lowest BCUT2D eigenvalue weighted by atomic mass is 10.3. The molecule has 0 aromatic heterocycles. The number of anilines is 1. The lowest BCUT2D eigenvalue weighted by molar-refractivity contribution is -0.128. The largest absolute Gasteiger partial charge is 0.494 e. The van der Waals surface area contributed by atoms with Crippen LogP contribution >= 0.6 is 11.8 Å². The monoisotopic (exact) mass is 337 g/mol. The highest BCUT2D eigenvalue weighted by molar-refractivity contribution is 8.00. The van der Waals surface area contributed by atoms with Gasteiger partial charge in [0.1, 0.15) is 5.75 Å². The fraction of sp³-hybridized carbons (Fsp3) is 0.500. The Hall–Kier alpha value is -1.73. The van der Waals surface area contributed by atoms with Gasteiger partial charge in [0.2, 0.25) is 11.8 Å². The van der Waals surface area contributed by atoms with Crippen LogP contribution in [0.1, 0.15) is 6.92 Å². The third-order valence-electron chi connectivity index (χ3n) is 3.38. The second-order valence-corrected chi connectivity index (χ2v) is 6.11. The Labute approximate surface area is 140 Å². The molecular formula is C16H23N3O3S. The summed E-state index contributed by atoms with van der Waals surface area (Å²) in [6, 6.07) is 7.25. The summed E-state index contributed by atoms with van der Waals surface area (Å²) in [6.07, 6.45) is 0. The summed E-state index contributed by atoms with van der Waals surface area (Å²) in [7, 11) is 0. The quantitative estimate of drug-likeness (QED) is 0.782. The first-order valence-corrected chi connectivity index (χ1v) is 8.93. The van der Waals surface area contributed by atoms with Gasteiger partial charge in [-0.25, -0.2) is 0 Å². The van der Waals surface area contributed by atoms with Crippen LogP contribution in [0.5, 0.6) is 5.75 Å². The minimum Gasteiger partial charge on any atom is -0.494 e. The lowest BCUT2D eigenvalue weighted by Gasteiger charge is -2.27. The zero-order chi connectivity index (χ0) is 16.5. The number of ether oxygens (including phenoxy) is 1. The van der Waals surface area contributed by atoms with E-state index >= 15 is 0 Å². The van der Waals surface area contributed by atoms with Crippen molar-refractivity contribution >= 4 is 29.3 Å². The highest BCUT2D eigenvalue weighted by Crippen LogP contribution is 2.16. The second-order valence-electron chi connectivity index (χ2n) is 5.13. The third-order valence-corrected chi connectivity index (χ3v) is 4.29. The van der Waals surface area contributed by atoms with Crippen LogP contribution in [0, 0.1) is 0 Å². The predicted molar refractivity (Wildman–Crippen MR) is 93.0 cm³/mol. The Balaban J connectivity index is 1.67. The van der Waals surface area contributed by atoms with E-state index in [4.69, 9.17) is 4.74 Å². The molecule has 2 N–H and O–H groups in total. The summed E-state index contributed by atoms with van der Waals surface area (Å²) in [5.74, 6) is 1.39. The van der Waals surface area contributed by atoms with Crippen LogP contribution in [0.4, 0.5) is 5.69 Å². The number of nitrogens with zero attached hydrogens (tertiary/aromatic N) is 1. The summed E-state index contributed by atoms with van der Waals surface area (Å²) < 4.78 is 5.35. The molecule has 2 rings (SSSR count). The number of carbonyl (C=O) groups is 2. The van der Waals surface area contributed by atoms with Gasteiger partial charge in [0.05, 0.1) is 18.1 Å². The molecule has 1 aromatic rings. The molecule has 1 aliphatic heterocycles. The second kappa shape index (κ2) is 9.42. The van der Waals surface area contributed by atoms with Crippen molar-refractivity contribution in [2.75, 3.05) is 49.6 Å². The predicted octanol–water partition coefficient (Wildman–Crippen LogP) is 1.19. The van der Waals surface area contributed by atoms with Crippen molar-refractivity contribution in [3.8, 4) is 5.75 Å². The van der Waals surface area contributed by atoms with E-state index in [0.29, 0.717) is 12.4 Å². The average Bonchev–Trinajstić information content (AvgIpc) is 2.57. The number of amides is 2. The maximum Gasteiger partial charge on any atom is 0.234 e. The van der Waals surface area contributed by atoms with Gasteiger partial charge in [0.25, 0.3) is 0 Å². The molecule has 1 saturated heterocycles. The van der Waals surface area contributed by atoms with Gasteiger partial charge < -0.3 is 20.3 Å².